The van der Waals surface area contributed by atoms with Crippen molar-refractivity contribution >= 4 is 50.8 Å². The fraction of sp³-hybridized carbons (Fsp3) is 0.500. The van der Waals surface area contributed by atoms with Crippen LogP contribution in [0.1, 0.15) is 38.5 Å². The number of piperidine rings is 2. The van der Waals surface area contributed by atoms with Crippen molar-refractivity contribution in [2.24, 2.45) is 11.8 Å². The average Bonchev–Trinajstić information content (AvgIpc) is 3.42. The van der Waals surface area contributed by atoms with Gasteiger partial charge in [-0.1, -0.05) is 29.8 Å². The predicted molar refractivity (Wildman–Crippen MR) is 141 cm³/mol. The number of benzene rings is 1. The lowest BCUT2D eigenvalue weighted by atomic mass is 9.92. The molecule has 0 saturated carbocycles. The Morgan fingerprint density at radius 2 is 1.97 bits per heavy atom. The van der Waals surface area contributed by atoms with Crippen LogP contribution in [0.25, 0.3) is 21.3 Å². The van der Waals surface area contributed by atoms with Gasteiger partial charge in [0.05, 0.1) is 11.3 Å². The van der Waals surface area contributed by atoms with E-state index in [4.69, 9.17) is 21.6 Å². The minimum absolute atomic E-state index is 0.00131. The van der Waals surface area contributed by atoms with E-state index in [0.29, 0.717) is 41.3 Å². The number of nitrogens with zero attached hydrogens (tertiary/aromatic N) is 3. The van der Waals surface area contributed by atoms with E-state index in [-0.39, 0.29) is 18.4 Å². The number of hydrogen-bond acceptors (Lipinski definition) is 7. The number of amides is 1. The van der Waals surface area contributed by atoms with Crippen LogP contribution >= 0.6 is 22.9 Å². The Hall–Kier alpha value is -2.26. The Balaban J connectivity index is 1.43. The number of rotatable bonds is 5. The molecule has 3 atom stereocenters. The van der Waals surface area contributed by atoms with Crippen LogP contribution in [-0.4, -0.2) is 52.8 Å². The van der Waals surface area contributed by atoms with E-state index < -0.39 is 0 Å². The Morgan fingerprint density at radius 3 is 2.69 bits per heavy atom. The van der Waals surface area contributed by atoms with E-state index in [1.807, 2.05) is 24.3 Å². The normalized spacial score (nSPS) is 26.3. The quantitative estimate of drug-likeness (QED) is 0.460. The molecule has 0 radical (unpaired) electrons. The highest BCUT2D eigenvalue weighted by molar-refractivity contribution is 7.17. The minimum Gasteiger partial charge on any atom is -0.396 e. The lowest BCUT2D eigenvalue weighted by molar-refractivity contribution is -0.120. The summed E-state index contributed by atoms with van der Waals surface area (Å²) in [6.07, 6.45) is 5.97. The molecular formula is C26H30ClN5O2S. The van der Waals surface area contributed by atoms with Crippen molar-refractivity contribution in [2.45, 2.75) is 50.6 Å². The molecule has 3 unspecified atom stereocenters. The van der Waals surface area contributed by atoms with Crippen molar-refractivity contribution in [1.29, 1.82) is 0 Å². The summed E-state index contributed by atoms with van der Waals surface area (Å²) < 4.78 is 0. The summed E-state index contributed by atoms with van der Waals surface area (Å²) in [7, 11) is 0. The van der Waals surface area contributed by atoms with Crippen molar-refractivity contribution in [2.75, 3.05) is 29.9 Å². The topological polar surface area (TPSA) is 90.4 Å². The first-order valence-electron chi connectivity index (χ1n) is 12.6. The van der Waals surface area contributed by atoms with Crippen LogP contribution in [0.4, 0.5) is 11.8 Å². The number of nitrogens with one attached hydrogen (secondary N) is 2. The van der Waals surface area contributed by atoms with Crippen molar-refractivity contribution in [3.63, 3.8) is 0 Å². The molecule has 3 saturated heterocycles. The number of aromatic nitrogens is 2. The molecule has 6 rings (SSSR count). The zero-order valence-corrected chi connectivity index (χ0v) is 21.1. The summed E-state index contributed by atoms with van der Waals surface area (Å²) >= 11 is 8.12. The monoisotopic (exact) mass is 511 g/mol. The molecule has 9 heteroatoms. The fourth-order valence-corrected chi connectivity index (χ4v) is 7.24. The van der Waals surface area contributed by atoms with Gasteiger partial charge in [0.1, 0.15) is 10.6 Å². The Kier molecular flexibility index (Phi) is 6.39. The molecule has 3 fully saturated rings. The Bertz CT molecular complexity index is 1230. The van der Waals surface area contributed by atoms with Crippen LogP contribution in [0.2, 0.25) is 5.02 Å². The molecule has 184 valence electrons. The molecule has 0 aliphatic carbocycles. The molecule has 5 heterocycles. The number of halogens is 1. The summed E-state index contributed by atoms with van der Waals surface area (Å²) in [5.74, 6) is 1.53. The average molecular weight is 512 g/mol. The van der Waals surface area contributed by atoms with Crippen LogP contribution < -0.4 is 15.5 Å². The Morgan fingerprint density at radius 1 is 1.17 bits per heavy atom. The van der Waals surface area contributed by atoms with Crippen molar-refractivity contribution < 1.29 is 9.90 Å². The minimum atomic E-state index is -0.0731. The first kappa shape index (κ1) is 23.2. The molecule has 1 aromatic carbocycles. The van der Waals surface area contributed by atoms with E-state index in [1.54, 1.807) is 11.3 Å². The van der Waals surface area contributed by atoms with Crippen molar-refractivity contribution in [3.8, 4) is 11.1 Å². The molecule has 3 aliphatic heterocycles. The third-order valence-corrected chi connectivity index (χ3v) is 9.02. The number of hydrogen-bond donors (Lipinski definition) is 3. The molecule has 2 aromatic heterocycles. The molecule has 3 aliphatic rings. The van der Waals surface area contributed by atoms with Gasteiger partial charge in [0.25, 0.3) is 0 Å². The third-order valence-electron chi connectivity index (χ3n) is 7.81. The number of aliphatic hydroxyl groups excluding tert-OH is 1. The van der Waals surface area contributed by atoms with Gasteiger partial charge in [0.2, 0.25) is 11.9 Å². The van der Waals surface area contributed by atoms with E-state index in [1.165, 1.54) is 0 Å². The number of anilines is 2. The summed E-state index contributed by atoms with van der Waals surface area (Å²) in [4.78, 5) is 26.5. The molecular weight excluding hydrogens is 482 g/mol. The lowest BCUT2D eigenvalue weighted by Gasteiger charge is -2.38. The Labute approximate surface area is 213 Å². The van der Waals surface area contributed by atoms with E-state index in [0.717, 1.165) is 66.4 Å². The smallest absolute Gasteiger partial charge is 0.229 e. The number of fused-ring (bicyclic) bond motifs is 3. The highest BCUT2D eigenvalue weighted by atomic mass is 35.5. The van der Waals surface area contributed by atoms with Gasteiger partial charge < -0.3 is 20.6 Å². The lowest BCUT2D eigenvalue weighted by Crippen LogP contribution is -2.44. The second-order valence-corrected chi connectivity index (χ2v) is 11.3. The van der Waals surface area contributed by atoms with Gasteiger partial charge in [-0.3, -0.25) is 4.79 Å². The number of thiophene rings is 1. The summed E-state index contributed by atoms with van der Waals surface area (Å²) in [6, 6.07) is 8.42. The van der Waals surface area contributed by atoms with Gasteiger partial charge in [-0.05, 0) is 57.1 Å². The maximum absolute atomic E-state index is 13.3. The first-order chi connectivity index (χ1) is 17.1. The molecule has 35 heavy (non-hydrogen) atoms. The van der Waals surface area contributed by atoms with Crippen LogP contribution in [-0.2, 0) is 4.79 Å². The van der Waals surface area contributed by atoms with Gasteiger partial charge in [0, 0.05) is 46.8 Å². The summed E-state index contributed by atoms with van der Waals surface area (Å²) in [5.41, 5.74) is 1.86. The van der Waals surface area contributed by atoms with Crippen LogP contribution in [0.5, 0.6) is 0 Å². The van der Waals surface area contributed by atoms with E-state index >= 15 is 0 Å². The summed E-state index contributed by atoms with van der Waals surface area (Å²) in [5, 5.41) is 19.8. The van der Waals surface area contributed by atoms with Gasteiger partial charge in [-0.2, -0.15) is 4.98 Å². The zero-order valence-electron chi connectivity index (χ0n) is 19.5. The van der Waals surface area contributed by atoms with Gasteiger partial charge in [-0.25, -0.2) is 4.98 Å². The molecule has 0 spiro atoms. The third kappa shape index (κ3) is 4.31. The number of aliphatic hydroxyl groups is 1. The predicted octanol–water partition coefficient (Wildman–Crippen LogP) is 4.69. The fourth-order valence-electron chi connectivity index (χ4n) is 6.07. The van der Waals surface area contributed by atoms with Crippen LogP contribution in [0.15, 0.2) is 29.6 Å². The molecule has 3 aromatic rings. The van der Waals surface area contributed by atoms with E-state index in [9.17, 15) is 9.90 Å². The summed E-state index contributed by atoms with van der Waals surface area (Å²) in [6.45, 7) is 1.88. The molecule has 7 nitrogen and oxygen atoms in total. The standard InChI is InChI=1S/C26H30ClN5O2S/c27-21-6-2-1-5-19(21)20-14-35-25-22(20)23(29-24(34)16-4-3-9-28-12-16)30-26(31-25)32-17-7-8-18(32)11-15(10-17)13-33/h1-2,5-6,14-18,28,33H,3-4,7-13H2,(H,29,30,31,34). The second kappa shape index (κ2) is 9.65. The zero-order chi connectivity index (χ0) is 23.9. The highest BCUT2D eigenvalue weighted by Gasteiger charge is 2.42. The first-order valence-corrected chi connectivity index (χ1v) is 13.8. The largest absolute Gasteiger partial charge is 0.396 e. The maximum Gasteiger partial charge on any atom is 0.229 e. The van der Waals surface area contributed by atoms with Crippen molar-refractivity contribution in [3.05, 3.63) is 34.7 Å². The molecule has 2 bridgehead atoms. The van der Waals surface area contributed by atoms with Gasteiger partial charge in [-0.15, -0.1) is 11.3 Å². The van der Waals surface area contributed by atoms with Crippen LogP contribution in [0, 0.1) is 11.8 Å². The molecule has 3 N–H and O–H groups in total. The number of carbonyl (C=O) groups is 1. The van der Waals surface area contributed by atoms with Crippen LogP contribution in [0.3, 0.4) is 0 Å². The maximum atomic E-state index is 13.3. The molecule has 1 amide bonds. The van der Waals surface area contributed by atoms with E-state index in [2.05, 4.69) is 20.9 Å². The SMILES string of the molecule is O=C(Nc1nc(N2C3CCC2CC(CO)C3)nc2scc(-c3ccccc3Cl)c12)C1CCCNC1. The van der Waals surface area contributed by atoms with Gasteiger partial charge >= 0.3 is 0 Å². The van der Waals surface area contributed by atoms with Crippen molar-refractivity contribution in [1.82, 2.24) is 15.3 Å². The highest BCUT2D eigenvalue weighted by Crippen LogP contribution is 2.44. The van der Waals surface area contributed by atoms with Gasteiger partial charge in [0.15, 0.2) is 0 Å². The second-order valence-electron chi connectivity index (χ2n) is 10.0. The number of carbonyl (C=O) groups excluding carboxylic acids is 1.